The molecule has 0 saturated carbocycles. The largest absolute Gasteiger partial charge is 0.299 e. The van der Waals surface area contributed by atoms with Gasteiger partial charge >= 0.3 is 0 Å². The van der Waals surface area contributed by atoms with Crippen LogP contribution in [0.4, 0.5) is 5.13 Å². The van der Waals surface area contributed by atoms with Gasteiger partial charge in [0.25, 0.3) is 0 Å². The van der Waals surface area contributed by atoms with Crippen LogP contribution in [0.15, 0.2) is 36.7 Å². The van der Waals surface area contributed by atoms with Crippen LogP contribution in [0.25, 0.3) is 10.6 Å². The molecule has 2 aromatic heterocycles. The lowest BCUT2D eigenvalue weighted by atomic mass is 10.2. The van der Waals surface area contributed by atoms with Crippen LogP contribution in [-0.4, -0.2) is 36.3 Å². The SMILES string of the molecule is O=C(Cn1cnnn1)Nc1nnc(-c2ccccc2)s1. The van der Waals surface area contributed by atoms with Gasteiger partial charge in [-0.3, -0.25) is 10.1 Å². The van der Waals surface area contributed by atoms with Crippen LogP contribution < -0.4 is 5.32 Å². The van der Waals surface area contributed by atoms with Gasteiger partial charge in [-0.15, -0.1) is 15.3 Å². The molecule has 0 radical (unpaired) electrons. The van der Waals surface area contributed by atoms with E-state index >= 15 is 0 Å². The van der Waals surface area contributed by atoms with Gasteiger partial charge in [0.15, 0.2) is 0 Å². The first-order valence-electron chi connectivity index (χ1n) is 5.71. The van der Waals surface area contributed by atoms with Gasteiger partial charge in [-0.2, -0.15) is 0 Å². The van der Waals surface area contributed by atoms with Gasteiger partial charge in [-0.1, -0.05) is 41.7 Å². The summed E-state index contributed by atoms with van der Waals surface area (Å²) in [6.07, 6.45) is 1.37. The van der Waals surface area contributed by atoms with Crippen LogP contribution in [0.5, 0.6) is 0 Å². The van der Waals surface area contributed by atoms with Crippen LogP contribution in [0.1, 0.15) is 0 Å². The minimum absolute atomic E-state index is 0.0350. The standard InChI is InChI=1S/C11H9N7OS/c19-9(6-18-7-12-16-17-18)13-11-15-14-10(20-11)8-4-2-1-3-5-8/h1-5,7H,6H2,(H,13,15,19). The topological polar surface area (TPSA) is 98.5 Å². The molecule has 0 spiro atoms. The fourth-order valence-corrected chi connectivity index (χ4v) is 2.30. The number of rotatable bonds is 4. The number of carbonyl (C=O) groups excluding carboxylic acids is 1. The zero-order valence-corrected chi connectivity index (χ0v) is 11.0. The molecular formula is C11H9N7OS. The fraction of sp³-hybridized carbons (Fsp3) is 0.0909. The Morgan fingerprint density at radius 3 is 2.85 bits per heavy atom. The molecule has 0 aliphatic carbocycles. The van der Waals surface area contributed by atoms with Crippen molar-refractivity contribution in [2.24, 2.45) is 0 Å². The van der Waals surface area contributed by atoms with Crippen molar-refractivity contribution < 1.29 is 4.79 Å². The molecule has 1 aromatic carbocycles. The number of carbonyl (C=O) groups is 1. The number of amides is 1. The Bertz CT molecular complexity index is 695. The first kappa shape index (κ1) is 12.4. The molecule has 1 N–H and O–H groups in total. The van der Waals surface area contributed by atoms with Crippen LogP contribution in [-0.2, 0) is 11.3 Å². The van der Waals surface area contributed by atoms with Crippen molar-refractivity contribution >= 4 is 22.4 Å². The zero-order chi connectivity index (χ0) is 13.8. The maximum atomic E-state index is 11.7. The molecule has 0 atom stereocenters. The first-order chi connectivity index (χ1) is 9.81. The van der Waals surface area contributed by atoms with Crippen molar-refractivity contribution in [3.05, 3.63) is 36.7 Å². The summed E-state index contributed by atoms with van der Waals surface area (Å²) in [7, 11) is 0. The highest BCUT2D eigenvalue weighted by Gasteiger charge is 2.10. The Hall–Kier alpha value is -2.68. The summed E-state index contributed by atoms with van der Waals surface area (Å²) in [5.41, 5.74) is 0.964. The van der Waals surface area contributed by atoms with Crippen LogP contribution >= 0.6 is 11.3 Å². The van der Waals surface area contributed by atoms with Gasteiger partial charge < -0.3 is 0 Å². The molecule has 1 amide bonds. The molecule has 20 heavy (non-hydrogen) atoms. The van der Waals surface area contributed by atoms with E-state index in [0.29, 0.717) is 5.13 Å². The molecule has 0 saturated heterocycles. The third-order valence-electron chi connectivity index (χ3n) is 2.39. The Morgan fingerprint density at radius 1 is 1.25 bits per heavy atom. The summed E-state index contributed by atoms with van der Waals surface area (Å²) in [5.74, 6) is -0.256. The highest BCUT2D eigenvalue weighted by atomic mass is 32.1. The average molecular weight is 287 g/mol. The molecule has 3 aromatic rings. The summed E-state index contributed by atoms with van der Waals surface area (Å²) >= 11 is 1.31. The third-order valence-corrected chi connectivity index (χ3v) is 3.28. The summed E-state index contributed by atoms with van der Waals surface area (Å²) in [6.45, 7) is 0.0350. The quantitative estimate of drug-likeness (QED) is 0.763. The smallest absolute Gasteiger partial charge is 0.248 e. The van der Waals surface area contributed by atoms with E-state index in [-0.39, 0.29) is 12.5 Å². The normalized spacial score (nSPS) is 10.4. The molecule has 2 heterocycles. The van der Waals surface area contributed by atoms with E-state index in [0.717, 1.165) is 10.6 Å². The summed E-state index contributed by atoms with van der Waals surface area (Å²) in [4.78, 5) is 11.7. The number of hydrogen-bond donors (Lipinski definition) is 1. The van der Waals surface area contributed by atoms with Crippen molar-refractivity contribution in [3.8, 4) is 10.6 Å². The zero-order valence-electron chi connectivity index (χ0n) is 10.2. The number of hydrogen-bond acceptors (Lipinski definition) is 7. The Kier molecular flexibility index (Phi) is 3.42. The van der Waals surface area contributed by atoms with Crippen molar-refractivity contribution in [1.82, 2.24) is 30.4 Å². The van der Waals surface area contributed by atoms with Crippen molar-refractivity contribution in [2.45, 2.75) is 6.54 Å². The second-order valence-corrected chi connectivity index (χ2v) is 4.81. The minimum Gasteiger partial charge on any atom is -0.299 e. The maximum absolute atomic E-state index is 11.7. The second kappa shape index (κ2) is 5.53. The summed E-state index contributed by atoms with van der Waals surface area (Å²) < 4.78 is 1.33. The van der Waals surface area contributed by atoms with E-state index in [2.05, 4.69) is 31.0 Å². The minimum atomic E-state index is -0.256. The molecule has 9 heteroatoms. The predicted molar refractivity (Wildman–Crippen MR) is 71.8 cm³/mol. The van der Waals surface area contributed by atoms with Gasteiger partial charge in [0.05, 0.1) is 0 Å². The van der Waals surface area contributed by atoms with Crippen molar-refractivity contribution in [3.63, 3.8) is 0 Å². The first-order valence-corrected chi connectivity index (χ1v) is 6.52. The second-order valence-electron chi connectivity index (χ2n) is 3.83. The number of anilines is 1. The number of tetrazole rings is 1. The van der Waals surface area contributed by atoms with Gasteiger partial charge in [-0.25, -0.2) is 4.68 Å². The Morgan fingerprint density at radius 2 is 2.10 bits per heavy atom. The molecule has 3 rings (SSSR count). The number of nitrogens with one attached hydrogen (secondary N) is 1. The molecule has 0 aliphatic rings. The van der Waals surface area contributed by atoms with E-state index in [1.807, 2.05) is 30.3 Å². The van der Waals surface area contributed by atoms with E-state index in [1.54, 1.807) is 0 Å². The number of aromatic nitrogens is 6. The molecule has 0 unspecified atom stereocenters. The lowest BCUT2D eigenvalue weighted by Gasteiger charge is -1.99. The van der Waals surface area contributed by atoms with Gasteiger partial charge in [0, 0.05) is 5.56 Å². The van der Waals surface area contributed by atoms with Gasteiger partial charge in [-0.05, 0) is 10.4 Å². The lowest BCUT2D eigenvalue weighted by molar-refractivity contribution is -0.116. The highest BCUT2D eigenvalue weighted by Crippen LogP contribution is 2.25. The van der Waals surface area contributed by atoms with E-state index < -0.39 is 0 Å². The van der Waals surface area contributed by atoms with E-state index in [9.17, 15) is 4.79 Å². The highest BCUT2D eigenvalue weighted by molar-refractivity contribution is 7.18. The summed E-state index contributed by atoms with van der Waals surface area (Å²) in [6, 6.07) is 9.65. The number of nitrogens with zero attached hydrogens (tertiary/aromatic N) is 6. The van der Waals surface area contributed by atoms with Crippen molar-refractivity contribution in [1.29, 1.82) is 0 Å². The Labute approximate surface area is 117 Å². The molecular weight excluding hydrogens is 278 g/mol. The van der Waals surface area contributed by atoms with E-state index in [1.165, 1.54) is 22.3 Å². The third kappa shape index (κ3) is 2.83. The van der Waals surface area contributed by atoms with E-state index in [4.69, 9.17) is 0 Å². The summed E-state index contributed by atoms with van der Waals surface area (Å²) in [5, 5.41) is 22.4. The van der Waals surface area contributed by atoms with Crippen molar-refractivity contribution in [2.75, 3.05) is 5.32 Å². The fourth-order valence-electron chi connectivity index (χ4n) is 1.53. The molecule has 8 nitrogen and oxygen atoms in total. The maximum Gasteiger partial charge on any atom is 0.248 e. The van der Waals surface area contributed by atoms with Gasteiger partial charge in [0.1, 0.15) is 17.9 Å². The molecule has 0 bridgehead atoms. The monoisotopic (exact) mass is 287 g/mol. The van der Waals surface area contributed by atoms with Gasteiger partial charge in [0.2, 0.25) is 11.0 Å². The average Bonchev–Trinajstić information content (AvgIpc) is 3.11. The molecule has 0 fully saturated rings. The van der Waals surface area contributed by atoms with Crippen LogP contribution in [0, 0.1) is 0 Å². The molecule has 100 valence electrons. The lowest BCUT2D eigenvalue weighted by Crippen LogP contribution is -2.19. The Balaban J connectivity index is 1.67. The van der Waals surface area contributed by atoms with Crippen LogP contribution in [0.2, 0.25) is 0 Å². The predicted octanol–water partition coefficient (Wildman–Crippen LogP) is 0.830. The molecule has 0 aliphatic heterocycles. The number of benzene rings is 1. The van der Waals surface area contributed by atoms with Crippen LogP contribution in [0.3, 0.4) is 0 Å².